The summed E-state index contributed by atoms with van der Waals surface area (Å²) < 4.78 is 18.6. The van der Waals surface area contributed by atoms with Gasteiger partial charge in [0.05, 0.1) is 11.3 Å². The molecule has 3 N–H and O–H groups in total. The number of nitrogens with zero attached hydrogens (tertiary/aromatic N) is 3. The Hall–Kier alpha value is -3.04. The molecule has 3 rings (SSSR count). The summed E-state index contributed by atoms with van der Waals surface area (Å²) in [5.74, 6) is 0.861. The van der Waals surface area contributed by atoms with Crippen molar-refractivity contribution in [2.24, 2.45) is 4.99 Å². The summed E-state index contributed by atoms with van der Waals surface area (Å²) in [7, 11) is 0. The highest BCUT2D eigenvalue weighted by Crippen LogP contribution is 2.19. The van der Waals surface area contributed by atoms with Gasteiger partial charge in [0.1, 0.15) is 18.1 Å². The molecule has 0 saturated heterocycles. The second kappa shape index (κ2) is 9.44. The first-order valence-corrected chi connectivity index (χ1v) is 9.37. The zero-order chi connectivity index (χ0) is 20.8. The van der Waals surface area contributed by atoms with Gasteiger partial charge < -0.3 is 15.1 Å². The van der Waals surface area contributed by atoms with Gasteiger partial charge in [0.2, 0.25) is 11.9 Å². The highest BCUT2D eigenvalue weighted by molar-refractivity contribution is 7.80. The molecule has 3 aromatic rings. The molecule has 0 aliphatic rings. The zero-order valence-corrected chi connectivity index (χ0v) is 17.2. The molecule has 150 valence electrons. The molecule has 1 aromatic carbocycles. The predicted octanol–water partition coefficient (Wildman–Crippen LogP) is 4.43. The highest BCUT2D eigenvalue weighted by Gasteiger charge is 2.09. The summed E-state index contributed by atoms with van der Waals surface area (Å²) in [6, 6.07) is 9.66. The second-order valence-electron chi connectivity index (χ2n) is 6.05. The number of anilines is 2. The van der Waals surface area contributed by atoms with E-state index in [0.717, 1.165) is 11.4 Å². The Labute approximate surface area is 177 Å². The Kier molecular flexibility index (Phi) is 6.73. The largest absolute Gasteiger partial charge is 0.467 e. The molecule has 0 saturated carbocycles. The Morgan fingerprint density at radius 1 is 1.17 bits per heavy atom. The summed E-state index contributed by atoms with van der Waals surface area (Å²) >= 11 is 11.1. The van der Waals surface area contributed by atoms with Crippen molar-refractivity contribution < 1.29 is 8.81 Å². The average Bonchev–Trinajstić information content (AvgIpc) is 3.15. The summed E-state index contributed by atoms with van der Waals surface area (Å²) in [5, 5.41) is 9.11. The molecule has 0 amide bonds. The maximum absolute atomic E-state index is 13.3. The van der Waals surface area contributed by atoms with E-state index >= 15 is 0 Å². The maximum atomic E-state index is 13.3. The first kappa shape index (κ1) is 20.7. The third-order valence-corrected chi connectivity index (χ3v) is 4.09. The van der Waals surface area contributed by atoms with Gasteiger partial charge in [-0.25, -0.2) is 19.4 Å². The Balaban J connectivity index is 1.75. The monoisotopic (exact) mass is 432 g/mol. The van der Waals surface area contributed by atoms with E-state index in [4.69, 9.17) is 28.2 Å². The number of aromatic nitrogens is 2. The number of aliphatic imine (C=N–C) groups is 1. The molecule has 0 atom stereocenters. The van der Waals surface area contributed by atoms with Gasteiger partial charge >= 0.3 is 0 Å². The van der Waals surface area contributed by atoms with Gasteiger partial charge in [0.25, 0.3) is 0 Å². The molecule has 0 aliphatic carbocycles. The number of aryl methyl sites for hydroxylation is 2. The number of furan rings is 1. The number of guanidine groups is 1. The molecule has 29 heavy (non-hydrogen) atoms. The van der Waals surface area contributed by atoms with Crippen molar-refractivity contribution in [1.82, 2.24) is 15.3 Å². The fourth-order valence-corrected chi connectivity index (χ4v) is 2.80. The Bertz CT molecular complexity index is 1020. The normalized spacial score (nSPS) is 11.2. The van der Waals surface area contributed by atoms with E-state index in [1.165, 1.54) is 18.2 Å². The first-order chi connectivity index (χ1) is 13.9. The fraction of sp³-hybridized carbons (Fsp3) is 0.158. The quantitative estimate of drug-likeness (QED) is 0.319. The number of nitrogens with one attached hydrogen (secondary N) is 3. The fourth-order valence-electron chi connectivity index (χ4n) is 2.40. The van der Waals surface area contributed by atoms with Crippen LogP contribution in [-0.2, 0) is 6.54 Å². The van der Waals surface area contributed by atoms with Crippen molar-refractivity contribution in [3.8, 4) is 0 Å². The number of thiocarbonyl (C=S) groups is 1. The lowest BCUT2D eigenvalue weighted by atomic mass is 10.3. The van der Waals surface area contributed by atoms with E-state index in [1.807, 2.05) is 26.0 Å². The van der Waals surface area contributed by atoms with Crippen LogP contribution in [0.2, 0.25) is 5.02 Å². The van der Waals surface area contributed by atoms with E-state index < -0.39 is 5.82 Å². The molecule has 0 aliphatic heterocycles. The Morgan fingerprint density at radius 3 is 2.59 bits per heavy atom. The summed E-state index contributed by atoms with van der Waals surface area (Å²) in [6.45, 7) is 4.02. The van der Waals surface area contributed by atoms with E-state index in [9.17, 15) is 4.39 Å². The third kappa shape index (κ3) is 6.23. The van der Waals surface area contributed by atoms with Crippen molar-refractivity contribution in [2.45, 2.75) is 20.4 Å². The SMILES string of the molecule is Cc1cc(C)nc(NC(=NCc2ccco2)NC(=S)Nc2ccc(F)c(Cl)c2)n1. The molecule has 0 spiro atoms. The van der Waals surface area contributed by atoms with E-state index in [2.05, 4.69) is 30.9 Å². The van der Waals surface area contributed by atoms with E-state index in [1.54, 1.807) is 12.3 Å². The topological polar surface area (TPSA) is 87.4 Å². The van der Waals surface area contributed by atoms with Gasteiger partial charge in [-0.3, -0.25) is 5.32 Å². The number of benzene rings is 1. The zero-order valence-electron chi connectivity index (χ0n) is 15.7. The van der Waals surface area contributed by atoms with Crippen LogP contribution >= 0.6 is 23.8 Å². The van der Waals surface area contributed by atoms with Crippen molar-refractivity contribution in [1.29, 1.82) is 0 Å². The minimum Gasteiger partial charge on any atom is -0.467 e. The van der Waals surface area contributed by atoms with Crippen LogP contribution < -0.4 is 16.0 Å². The van der Waals surface area contributed by atoms with Crippen LogP contribution in [0.1, 0.15) is 17.1 Å². The van der Waals surface area contributed by atoms with Gasteiger partial charge in [-0.05, 0) is 62.5 Å². The van der Waals surface area contributed by atoms with Crippen molar-refractivity contribution >= 4 is 46.5 Å². The minimum absolute atomic E-state index is 0.00808. The number of rotatable bonds is 4. The van der Waals surface area contributed by atoms with Gasteiger partial charge in [-0.1, -0.05) is 11.6 Å². The summed E-state index contributed by atoms with van der Waals surface area (Å²) in [4.78, 5) is 13.1. The second-order valence-corrected chi connectivity index (χ2v) is 6.87. The molecule has 0 unspecified atom stereocenters. The van der Waals surface area contributed by atoms with Gasteiger partial charge in [-0.2, -0.15) is 0 Å². The molecule has 2 aromatic heterocycles. The van der Waals surface area contributed by atoms with Crippen LogP contribution in [0.5, 0.6) is 0 Å². The average molecular weight is 433 g/mol. The van der Waals surface area contributed by atoms with Crippen LogP contribution in [0.3, 0.4) is 0 Å². The molecule has 10 heteroatoms. The first-order valence-electron chi connectivity index (χ1n) is 8.58. The van der Waals surface area contributed by atoms with Crippen LogP contribution in [0.25, 0.3) is 0 Å². The summed E-state index contributed by atoms with van der Waals surface area (Å²) in [5.41, 5.74) is 2.15. The standard InChI is InChI=1S/C19H18ClFN6OS/c1-11-8-12(2)24-18(23-11)26-17(22-10-14-4-3-7-28-14)27-19(29)25-13-5-6-16(21)15(20)9-13/h3-9H,10H2,1-2H3,(H3,22,23,24,25,26,27,29). The molecule has 2 heterocycles. The van der Waals surface area contributed by atoms with Gasteiger partial charge in [0.15, 0.2) is 5.11 Å². The lowest BCUT2D eigenvalue weighted by Gasteiger charge is -2.14. The van der Waals surface area contributed by atoms with E-state index in [-0.39, 0.29) is 16.7 Å². The van der Waals surface area contributed by atoms with Crippen molar-refractivity contribution in [3.63, 3.8) is 0 Å². The van der Waals surface area contributed by atoms with Crippen LogP contribution in [0.15, 0.2) is 52.1 Å². The number of halogens is 2. The minimum atomic E-state index is -0.509. The van der Waals surface area contributed by atoms with Crippen molar-refractivity contribution in [2.75, 3.05) is 10.6 Å². The lowest BCUT2D eigenvalue weighted by molar-refractivity contribution is 0.512. The molecule has 0 fully saturated rings. The summed E-state index contributed by atoms with van der Waals surface area (Å²) in [6.07, 6.45) is 1.57. The number of hydrogen-bond acceptors (Lipinski definition) is 5. The van der Waals surface area contributed by atoms with Gasteiger partial charge in [0, 0.05) is 17.1 Å². The molecular weight excluding hydrogens is 415 g/mol. The number of hydrogen-bond donors (Lipinski definition) is 3. The molecule has 0 radical (unpaired) electrons. The lowest BCUT2D eigenvalue weighted by Crippen LogP contribution is -2.39. The van der Waals surface area contributed by atoms with Crippen molar-refractivity contribution in [3.05, 3.63) is 70.6 Å². The smallest absolute Gasteiger partial charge is 0.229 e. The van der Waals surface area contributed by atoms with Gasteiger partial charge in [-0.15, -0.1) is 0 Å². The molecule has 7 nitrogen and oxygen atoms in total. The van der Waals surface area contributed by atoms with Crippen LogP contribution in [-0.4, -0.2) is 21.0 Å². The highest BCUT2D eigenvalue weighted by atomic mass is 35.5. The van der Waals surface area contributed by atoms with Crippen LogP contribution in [0, 0.1) is 19.7 Å². The van der Waals surface area contributed by atoms with E-state index in [0.29, 0.717) is 23.4 Å². The molecule has 0 bridgehead atoms. The maximum Gasteiger partial charge on any atom is 0.229 e. The van der Waals surface area contributed by atoms with Crippen LogP contribution in [0.4, 0.5) is 16.0 Å². The predicted molar refractivity (Wildman–Crippen MR) is 116 cm³/mol. The Morgan fingerprint density at radius 2 is 1.93 bits per heavy atom. The third-order valence-electron chi connectivity index (χ3n) is 3.60. The molecular formula is C19H18ClFN6OS.